The van der Waals surface area contributed by atoms with Crippen molar-refractivity contribution in [3.05, 3.63) is 72.3 Å². The maximum atomic E-state index is 12.5. The van der Waals surface area contributed by atoms with Crippen molar-refractivity contribution in [2.24, 2.45) is 4.40 Å². The van der Waals surface area contributed by atoms with Crippen molar-refractivity contribution in [2.45, 2.75) is 17.7 Å². The first-order chi connectivity index (χ1) is 13.9. The highest BCUT2D eigenvalue weighted by molar-refractivity contribution is 7.90. The van der Waals surface area contributed by atoms with E-state index in [-0.39, 0.29) is 10.8 Å². The van der Waals surface area contributed by atoms with Crippen molar-refractivity contribution in [2.75, 3.05) is 18.9 Å². The summed E-state index contributed by atoms with van der Waals surface area (Å²) in [6.45, 7) is 0.814. The van der Waals surface area contributed by atoms with Gasteiger partial charge in [0, 0.05) is 31.3 Å². The van der Waals surface area contributed by atoms with Crippen LogP contribution in [0.3, 0.4) is 0 Å². The average Bonchev–Trinajstić information content (AvgIpc) is 3.12. The smallest absolute Gasteiger partial charge is 0.283 e. The van der Waals surface area contributed by atoms with E-state index in [4.69, 9.17) is 0 Å². The van der Waals surface area contributed by atoms with Gasteiger partial charge in [0.2, 0.25) is 0 Å². The fraction of sp³-hybridized carbons (Fsp3) is 0.182. The SMILES string of the molecule is CN1CCC/C1=N/S(=O)(=O)c1ccc(NC(=O)c2ccc3ccccc3c2)cc1. The Kier molecular flexibility index (Phi) is 5.07. The van der Waals surface area contributed by atoms with Crippen molar-refractivity contribution < 1.29 is 13.2 Å². The molecule has 0 saturated carbocycles. The second kappa shape index (κ2) is 7.67. The minimum Gasteiger partial charge on any atom is -0.362 e. The average molecular weight is 407 g/mol. The van der Waals surface area contributed by atoms with Crippen LogP contribution in [0.5, 0.6) is 0 Å². The predicted molar refractivity (Wildman–Crippen MR) is 115 cm³/mol. The summed E-state index contributed by atoms with van der Waals surface area (Å²) in [6.07, 6.45) is 1.57. The van der Waals surface area contributed by atoms with Gasteiger partial charge in [-0.05, 0) is 53.6 Å². The molecule has 3 aromatic carbocycles. The van der Waals surface area contributed by atoms with E-state index in [2.05, 4.69) is 9.71 Å². The van der Waals surface area contributed by atoms with E-state index >= 15 is 0 Å². The van der Waals surface area contributed by atoms with E-state index in [1.165, 1.54) is 12.1 Å². The Bertz CT molecular complexity index is 1200. The minimum atomic E-state index is -3.76. The molecule has 1 aliphatic heterocycles. The summed E-state index contributed by atoms with van der Waals surface area (Å²) in [5, 5.41) is 4.85. The molecule has 6 nitrogen and oxygen atoms in total. The number of fused-ring (bicyclic) bond motifs is 1. The van der Waals surface area contributed by atoms with Crippen LogP contribution in [-0.2, 0) is 10.0 Å². The lowest BCUT2D eigenvalue weighted by Crippen LogP contribution is -2.20. The van der Waals surface area contributed by atoms with Gasteiger partial charge >= 0.3 is 0 Å². The third kappa shape index (κ3) is 4.14. The molecule has 0 spiro atoms. The van der Waals surface area contributed by atoms with Gasteiger partial charge in [0.25, 0.3) is 15.9 Å². The van der Waals surface area contributed by atoms with Gasteiger partial charge in [-0.15, -0.1) is 4.40 Å². The lowest BCUT2D eigenvalue weighted by atomic mass is 10.1. The Balaban J connectivity index is 1.51. The van der Waals surface area contributed by atoms with Crippen molar-refractivity contribution in [3.63, 3.8) is 0 Å². The number of anilines is 1. The van der Waals surface area contributed by atoms with Gasteiger partial charge in [-0.25, -0.2) is 0 Å². The number of sulfonamides is 1. The van der Waals surface area contributed by atoms with Crippen LogP contribution in [0, 0.1) is 0 Å². The molecule has 148 valence electrons. The number of nitrogens with zero attached hydrogens (tertiary/aromatic N) is 2. The monoisotopic (exact) mass is 407 g/mol. The molecule has 0 bridgehead atoms. The summed E-state index contributed by atoms with van der Waals surface area (Å²) in [6, 6.07) is 19.4. The zero-order valence-corrected chi connectivity index (χ0v) is 16.8. The van der Waals surface area contributed by atoms with Crippen molar-refractivity contribution >= 4 is 38.2 Å². The highest BCUT2D eigenvalue weighted by Gasteiger charge is 2.20. The molecule has 0 aromatic heterocycles. The second-order valence-electron chi connectivity index (χ2n) is 7.05. The number of likely N-dealkylation sites (tertiary alicyclic amines) is 1. The number of benzene rings is 3. The Morgan fingerprint density at radius 2 is 1.72 bits per heavy atom. The fourth-order valence-corrected chi connectivity index (χ4v) is 4.44. The van der Waals surface area contributed by atoms with Crippen LogP contribution >= 0.6 is 0 Å². The number of nitrogens with one attached hydrogen (secondary N) is 1. The van der Waals surface area contributed by atoms with Crippen LogP contribution in [0.25, 0.3) is 10.8 Å². The van der Waals surface area contributed by atoms with Crippen LogP contribution in [0.4, 0.5) is 5.69 Å². The predicted octanol–water partition coefficient (Wildman–Crippen LogP) is 3.90. The summed E-state index contributed by atoms with van der Waals surface area (Å²) in [4.78, 5) is 14.5. The summed E-state index contributed by atoms with van der Waals surface area (Å²) in [5.41, 5.74) is 1.06. The van der Waals surface area contributed by atoms with Crippen LogP contribution < -0.4 is 5.32 Å². The van der Waals surface area contributed by atoms with Crippen molar-refractivity contribution in [3.8, 4) is 0 Å². The first-order valence-electron chi connectivity index (χ1n) is 9.38. The summed E-state index contributed by atoms with van der Waals surface area (Å²) >= 11 is 0. The van der Waals surface area contributed by atoms with E-state index in [1.807, 2.05) is 48.3 Å². The first kappa shape index (κ1) is 19.1. The summed E-state index contributed by atoms with van der Waals surface area (Å²) in [5.74, 6) is 0.331. The van der Waals surface area contributed by atoms with Crippen molar-refractivity contribution in [1.82, 2.24) is 4.90 Å². The van der Waals surface area contributed by atoms with E-state index in [9.17, 15) is 13.2 Å². The fourth-order valence-electron chi connectivity index (χ4n) is 3.35. The molecule has 1 amide bonds. The molecule has 0 atom stereocenters. The normalized spacial score (nSPS) is 15.8. The van der Waals surface area contributed by atoms with E-state index in [0.717, 1.165) is 23.7 Å². The van der Waals surface area contributed by atoms with Gasteiger partial charge in [0.15, 0.2) is 0 Å². The number of hydrogen-bond acceptors (Lipinski definition) is 3. The van der Waals surface area contributed by atoms with Crippen molar-refractivity contribution in [1.29, 1.82) is 0 Å². The van der Waals surface area contributed by atoms with E-state index < -0.39 is 10.0 Å². The van der Waals surface area contributed by atoms with Crippen LogP contribution in [-0.4, -0.2) is 38.7 Å². The Morgan fingerprint density at radius 1 is 1.00 bits per heavy atom. The lowest BCUT2D eigenvalue weighted by molar-refractivity contribution is 0.102. The second-order valence-corrected chi connectivity index (χ2v) is 8.65. The number of amides is 1. The van der Waals surface area contributed by atoms with Gasteiger partial charge in [0.05, 0.1) is 4.90 Å². The molecule has 1 N–H and O–H groups in total. The summed E-state index contributed by atoms with van der Waals surface area (Å²) in [7, 11) is -1.92. The number of hydrogen-bond donors (Lipinski definition) is 1. The molecule has 4 rings (SSSR count). The van der Waals surface area contributed by atoms with Crippen LogP contribution in [0.2, 0.25) is 0 Å². The molecule has 0 radical (unpaired) electrons. The zero-order chi connectivity index (χ0) is 20.4. The minimum absolute atomic E-state index is 0.106. The highest BCUT2D eigenvalue weighted by Crippen LogP contribution is 2.20. The largest absolute Gasteiger partial charge is 0.362 e. The molecule has 1 aliphatic rings. The Hall–Kier alpha value is -3.19. The lowest BCUT2D eigenvalue weighted by Gasteiger charge is -2.11. The number of carbonyl (C=O) groups excluding carboxylic acids is 1. The molecule has 1 fully saturated rings. The van der Waals surface area contributed by atoms with Gasteiger partial charge in [0.1, 0.15) is 5.84 Å². The molecule has 7 heteroatoms. The van der Waals surface area contributed by atoms with E-state index in [1.54, 1.807) is 18.2 Å². The van der Waals surface area contributed by atoms with Gasteiger partial charge in [-0.3, -0.25) is 4.79 Å². The third-order valence-corrected chi connectivity index (χ3v) is 6.30. The molecule has 0 unspecified atom stereocenters. The van der Waals surface area contributed by atoms with Gasteiger partial charge < -0.3 is 10.2 Å². The van der Waals surface area contributed by atoms with Crippen LogP contribution in [0.1, 0.15) is 23.2 Å². The third-order valence-electron chi connectivity index (χ3n) is 4.98. The molecule has 3 aromatic rings. The summed E-state index contributed by atoms with van der Waals surface area (Å²) < 4.78 is 29.0. The molecule has 1 saturated heterocycles. The Labute approximate surface area is 169 Å². The maximum absolute atomic E-state index is 12.5. The van der Waals surface area contributed by atoms with E-state index in [0.29, 0.717) is 23.5 Å². The number of rotatable bonds is 4. The number of carbonyl (C=O) groups is 1. The van der Waals surface area contributed by atoms with Crippen LogP contribution in [0.15, 0.2) is 76.0 Å². The quantitative estimate of drug-likeness (QED) is 0.711. The highest BCUT2D eigenvalue weighted by atomic mass is 32.2. The molecular formula is C22H21N3O3S. The zero-order valence-electron chi connectivity index (χ0n) is 16.0. The standard InChI is InChI=1S/C22H21N3O3S/c1-25-14-4-7-21(25)24-29(27,28)20-12-10-19(11-13-20)23-22(26)18-9-8-16-5-2-3-6-17(16)15-18/h2-3,5-6,8-13,15H,4,7,14H2,1H3,(H,23,26)/b24-21-. The maximum Gasteiger partial charge on any atom is 0.283 e. The first-order valence-corrected chi connectivity index (χ1v) is 10.8. The number of amidine groups is 1. The Morgan fingerprint density at radius 3 is 2.41 bits per heavy atom. The van der Waals surface area contributed by atoms with Gasteiger partial charge in [-0.1, -0.05) is 30.3 Å². The molecule has 1 heterocycles. The topological polar surface area (TPSA) is 78.8 Å². The molecular weight excluding hydrogens is 386 g/mol. The molecule has 0 aliphatic carbocycles. The molecule has 29 heavy (non-hydrogen) atoms. The van der Waals surface area contributed by atoms with Gasteiger partial charge in [-0.2, -0.15) is 8.42 Å².